The average Bonchev–Trinajstić information content (AvgIpc) is 2.02. The van der Waals surface area contributed by atoms with Gasteiger partial charge in [-0.2, -0.15) is 0 Å². The summed E-state index contributed by atoms with van der Waals surface area (Å²) in [7, 11) is 6.57. The van der Waals surface area contributed by atoms with E-state index < -0.39 is 0 Å². The summed E-state index contributed by atoms with van der Waals surface area (Å²) in [5.74, 6) is 6.59. The van der Waals surface area contributed by atoms with E-state index in [1.807, 2.05) is 11.8 Å². The molecule has 1 unspecified atom stereocenters. The lowest BCUT2D eigenvalue weighted by atomic mass is 10.2. The molecule has 0 aliphatic heterocycles. The molecule has 1 nitrogen and oxygen atoms in total. The van der Waals surface area contributed by atoms with E-state index >= 15 is 0 Å². The van der Waals surface area contributed by atoms with Crippen LogP contribution in [0.1, 0.15) is 26.2 Å². The fourth-order valence-electron chi connectivity index (χ4n) is 0.993. The molecule has 0 rings (SSSR count). The van der Waals surface area contributed by atoms with Crippen LogP contribution in [0.2, 0.25) is 0 Å². The quantitative estimate of drug-likeness (QED) is 0.291. The Hall–Kier alpha value is -0.130. The summed E-state index contributed by atoms with van der Waals surface area (Å²) in [6.45, 7) is 2.20. The molecule has 0 aromatic heterocycles. The van der Waals surface area contributed by atoms with E-state index in [4.69, 9.17) is 0 Å². The van der Waals surface area contributed by atoms with Gasteiger partial charge in [-0.25, -0.2) is 0 Å². The Morgan fingerprint density at radius 1 is 1.31 bits per heavy atom. The number of hydrogen-bond donors (Lipinski definition) is 0. The minimum Gasteiger partial charge on any atom is -0.310 e. The summed E-state index contributed by atoms with van der Waals surface area (Å²) < 4.78 is 0.917. The van der Waals surface area contributed by atoms with Crippen molar-refractivity contribution in [1.82, 2.24) is 0 Å². The zero-order valence-electron chi connectivity index (χ0n) is 9.55. The standard InChI is InChI=1S/C11H22NS/c1-6-7-8-9-10-11(13-5)12(2,3)4/h11H,6-8H2,1-5H3/q+1. The molecule has 76 valence electrons. The highest BCUT2D eigenvalue weighted by molar-refractivity contribution is 7.99. The van der Waals surface area contributed by atoms with Crippen LogP contribution in [0.4, 0.5) is 0 Å². The van der Waals surface area contributed by atoms with E-state index in [0.717, 1.165) is 10.9 Å². The molecule has 0 spiro atoms. The van der Waals surface area contributed by atoms with Gasteiger partial charge in [-0.05, 0) is 18.6 Å². The largest absolute Gasteiger partial charge is 0.310 e. The normalized spacial score (nSPS) is 13.3. The van der Waals surface area contributed by atoms with Gasteiger partial charge >= 0.3 is 0 Å². The van der Waals surface area contributed by atoms with Gasteiger partial charge in [0.15, 0.2) is 5.37 Å². The smallest absolute Gasteiger partial charge is 0.197 e. The van der Waals surface area contributed by atoms with Gasteiger partial charge in [0, 0.05) is 6.42 Å². The van der Waals surface area contributed by atoms with E-state index in [2.05, 4.69) is 46.2 Å². The lowest BCUT2D eigenvalue weighted by Crippen LogP contribution is -2.42. The van der Waals surface area contributed by atoms with Crippen LogP contribution in [0, 0.1) is 11.8 Å². The molecular formula is C11H22NS+. The Kier molecular flexibility index (Phi) is 6.28. The summed E-state index contributed by atoms with van der Waals surface area (Å²) >= 11 is 1.83. The maximum Gasteiger partial charge on any atom is 0.197 e. The van der Waals surface area contributed by atoms with E-state index in [9.17, 15) is 0 Å². The molecule has 13 heavy (non-hydrogen) atoms. The zero-order chi connectivity index (χ0) is 10.3. The molecule has 1 atom stereocenters. The molecule has 0 amide bonds. The minimum absolute atomic E-state index is 0.414. The van der Waals surface area contributed by atoms with Crippen molar-refractivity contribution in [2.24, 2.45) is 0 Å². The van der Waals surface area contributed by atoms with Crippen LogP contribution in [0.3, 0.4) is 0 Å². The number of nitrogens with zero attached hydrogens (tertiary/aromatic N) is 1. The molecule has 0 saturated heterocycles. The summed E-state index contributed by atoms with van der Waals surface area (Å²) in [5.41, 5.74) is 0. The molecule has 0 N–H and O–H groups in total. The monoisotopic (exact) mass is 200 g/mol. The molecule has 0 aromatic rings. The van der Waals surface area contributed by atoms with Crippen LogP contribution in [0.15, 0.2) is 0 Å². The van der Waals surface area contributed by atoms with Crippen molar-refractivity contribution in [3.8, 4) is 11.8 Å². The van der Waals surface area contributed by atoms with Crippen LogP contribution < -0.4 is 0 Å². The van der Waals surface area contributed by atoms with Crippen LogP contribution in [-0.2, 0) is 0 Å². The summed E-state index contributed by atoms with van der Waals surface area (Å²) in [4.78, 5) is 0. The van der Waals surface area contributed by atoms with Gasteiger partial charge in [0.2, 0.25) is 0 Å². The van der Waals surface area contributed by atoms with Crippen molar-refractivity contribution in [2.75, 3.05) is 27.4 Å². The van der Waals surface area contributed by atoms with Crippen LogP contribution in [0.5, 0.6) is 0 Å². The molecule has 0 saturated carbocycles. The highest BCUT2D eigenvalue weighted by Gasteiger charge is 2.19. The van der Waals surface area contributed by atoms with Gasteiger partial charge in [0.1, 0.15) is 0 Å². The topological polar surface area (TPSA) is 0 Å². The predicted molar refractivity (Wildman–Crippen MR) is 62.6 cm³/mol. The van der Waals surface area contributed by atoms with Gasteiger partial charge in [0.05, 0.1) is 21.1 Å². The average molecular weight is 200 g/mol. The molecule has 0 radical (unpaired) electrons. The molecule has 0 heterocycles. The predicted octanol–water partition coefficient (Wildman–Crippen LogP) is 2.58. The third-order valence-electron chi connectivity index (χ3n) is 1.81. The maximum absolute atomic E-state index is 3.33. The van der Waals surface area contributed by atoms with E-state index in [-0.39, 0.29) is 0 Å². The van der Waals surface area contributed by atoms with Gasteiger partial charge < -0.3 is 4.48 Å². The van der Waals surface area contributed by atoms with Crippen LogP contribution in [0.25, 0.3) is 0 Å². The lowest BCUT2D eigenvalue weighted by molar-refractivity contribution is -0.872. The van der Waals surface area contributed by atoms with Crippen molar-refractivity contribution >= 4 is 11.8 Å². The lowest BCUT2D eigenvalue weighted by Gasteiger charge is -2.28. The molecule has 0 aliphatic carbocycles. The molecule has 0 bridgehead atoms. The van der Waals surface area contributed by atoms with Crippen molar-refractivity contribution < 1.29 is 4.48 Å². The fraction of sp³-hybridized carbons (Fsp3) is 0.818. The first kappa shape index (κ1) is 12.9. The van der Waals surface area contributed by atoms with Gasteiger partial charge in [-0.1, -0.05) is 31.0 Å². The van der Waals surface area contributed by atoms with Crippen molar-refractivity contribution in [3.63, 3.8) is 0 Å². The Morgan fingerprint density at radius 3 is 2.31 bits per heavy atom. The summed E-state index contributed by atoms with van der Waals surface area (Å²) in [5, 5.41) is 0.414. The van der Waals surface area contributed by atoms with Crippen LogP contribution >= 0.6 is 11.8 Å². The van der Waals surface area contributed by atoms with Crippen molar-refractivity contribution in [3.05, 3.63) is 0 Å². The number of quaternary nitrogens is 1. The summed E-state index contributed by atoms with van der Waals surface area (Å²) in [6.07, 6.45) is 5.64. The molecule has 0 aromatic carbocycles. The fourth-order valence-corrected chi connectivity index (χ4v) is 1.83. The SMILES string of the molecule is CCCCC#CC(SC)[N+](C)(C)C. The Bertz CT molecular complexity index is 182. The van der Waals surface area contributed by atoms with E-state index in [1.54, 1.807) is 0 Å². The number of thioether (sulfide) groups is 1. The first-order valence-corrected chi connectivity index (χ1v) is 6.13. The molecule has 2 heteroatoms. The Labute approximate surface area is 87.5 Å². The molecule has 0 aliphatic rings. The van der Waals surface area contributed by atoms with E-state index in [1.165, 1.54) is 12.8 Å². The number of hydrogen-bond acceptors (Lipinski definition) is 1. The molecular weight excluding hydrogens is 178 g/mol. The molecule has 0 fully saturated rings. The van der Waals surface area contributed by atoms with E-state index in [0.29, 0.717) is 5.37 Å². The zero-order valence-corrected chi connectivity index (χ0v) is 10.4. The minimum atomic E-state index is 0.414. The Morgan fingerprint density at radius 2 is 1.92 bits per heavy atom. The maximum atomic E-state index is 3.33. The first-order valence-electron chi connectivity index (χ1n) is 4.84. The van der Waals surface area contributed by atoms with Gasteiger partial charge in [0.25, 0.3) is 0 Å². The van der Waals surface area contributed by atoms with Crippen molar-refractivity contribution in [1.29, 1.82) is 0 Å². The second kappa shape index (κ2) is 6.34. The third kappa shape index (κ3) is 6.01. The second-order valence-corrected chi connectivity index (χ2v) is 5.05. The number of rotatable bonds is 4. The second-order valence-electron chi connectivity index (χ2n) is 4.13. The highest BCUT2D eigenvalue weighted by atomic mass is 32.2. The first-order chi connectivity index (χ1) is 6.02. The van der Waals surface area contributed by atoms with Crippen LogP contribution in [-0.4, -0.2) is 37.3 Å². The Balaban J connectivity index is 4.02. The highest BCUT2D eigenvalue weighted by Crippen LogP contribution is 2.13. The van der Waals surface area contributed by atoms with Crippen molar-refractivity contribution in [2.45, 2.75) is 31.6 Å². The van der Waals surface area contributed by atoms with Gasteiger partial charge in [-0.3, -0.25) is 0 Å². The summed E-state index contributed by atoms with van der Waals surface area (Å²) in [6, 6.07) is 0. The number of unbranched alkanes of at least 4 members (excludes halogenated alkanes) is 2. The third-order valence-corrected chi connectivity index (χ3v) is 3.00. The van der Waals surface area contributed by atoms with Gasteiger partial charge in [-0.15, -0.1) is 0 Å².